The quantitative estimate of drug-likeness (QED) is 0.829. The first-order valence-corrected chi connectivity index (χ1v) is 7.70. The van der Waals surface area contributed by atoms with Crippen molar-refractivity contribution in [1.82, 2.24) is 5.32 Å². The van der Waals surface area contributed by atoms with Crippen LogP contribution in [0.2, 0.25) is 0 Å². The van der Waals surface area contributed by atoms with Gasteiger partial charge in [-0.3, -0.25) is 4.79 Å². The molecule has 0 bridgehead atoms. The van der Waals surface area contributed by atoms with Crippen molar-refractivity contribution in [3.05, 3.63) is 29.8 Å². The number of nitrogen functional groups attached to an aromatic ring is 1. The summed E-state index contributed by atoms with van der Waals surface area (Å²) in [6.07, 6.45) is 5.24. The van der Waals surface area contributed by atoms with Crippen LogP contribution >= 0.6 is 0 Å². The summed E-state index contributed by atoms with van der Waals surface area (Å²) in [7, 11) is 0. The molecule has 1 aliphatic rings. The van der Waals surface area contributed by atoms with E-state index in [1.165, 1.54) is 19.3 Å². The number of carbonyl (C=O) groups excluding carboxylic acids is 1. The van der Waals surface area contributed by atoms with Crippen molar-refractivity contribution in [2.45, 2.75) is 52.0 Å². The Labute approximate surface area is 121 Å². The predicted molar refractivity (Wildman–Crippen MR) is 83.3 cm³/mol. The Morgan fingerprint density at radius 2 is 2.00 bits per heavy atom. The molecule has 0 spiro atoms. The van der Waals surface area contributed by atoms with Crippen molar-refractivity contribution in [3.8, 4) is 0 Å². The highest BCUT2D eigenvalue weighted by molar-refractivity contribution is 5.80. The minimum atomic E-state index is 0.0976. The first kappa shape index (κ1) is 14.9. The lowest BCUT2D eigenvalue weighted by atomic mass is 9.78. The Bertz CT molecular complexity index is 456. The van der Waals surface area contributed by atoms with Gasteiger partial charge in [0.15, 0.2) is 0 Å². The number of nitrogens with one attached hydrogen (secondary N) is 1. The van der Waals surface area contributed by atoms with Crippen LogP contribution in [0.5, 0.6) is 0 Å². The smallest absolute Gasteiger partial charge is 0.224 e. The summed E-state index contributed by atoms with van der Waals surface area (Å²) < 4.78 is 0. The van der Waals surface area contributed by atoms with Gasteiger partial charge in [-0.2, -0.15) is 0 Å². The molecule has 1 fully saturated rings. The molecule has 1 amide bonds. The fourth-order valence-corrected chi connectivity index (χ4v) is 3.26. The zero-order valence-electron chi connectivity index (χ0n) is 12.6. The van der Waals surface area contributed by atoms with Crippen molar-refractivity contribution in [3.63, 3.8) is 0 Å². The van der Waals surface area contributed by atoms with Crippen LogP contribution in [-0.4, -0.2) is 11.9 Å². The van der Waals surface area contributed by atoms with Gasteiger partial charge < -0.3 is 11.1 Å². The summed E-state index contributed by atoms with van der Waals surface area (Å²) in [6, 6.07) is 7.93. The number of benzene rings is 1. The van der Waals surface area contributed by atoms with Crippen molar-refractivity contribution in [1.29, 1.82) is 0 Å². The maximum absolute atomic E-state index is 12.2. The van der Waals surface area contributed by atoms with Crippen LogP contribution in [0.3, 0.4) is 0 Å². The van der Waals surface area contributed by atoms with Gasteiger partial charge in [0, 0.05) is 11.7 Å². The first-order valence-electron chi connectivity index (χ1n) is 7.70. The lowest BCUT2D eigenvalue weighted by Crippen LogP contribution is -2.44. The van der Waals surface area contributed by atoms with E-state index in [9.17, 15) is 4.79 Å². The van der Waals surface area contributed by atoms with Gasteiger partial charge in [-0.25, -0.2) is 0 Å². The SMILES string of the molecule is CC(C)C1CCCCC1NC(=O)Cc1ccccc1N. The van der Waals surface area contributed by atoms with Gasteiger partial charge in [-0.15, -0.1) is 0 Å². The van der Waals surface area contributed by atoms with Gasteiger partial charge in [-0.1, -0.05) is 44.9 Å². The van der Waals surface area contributed by atoms with E-state index >= 15 is 0 Å². The molecule has 2 rings (SSSR count). The summed E-state index contributed by atoms with van der Waals surface area (Å²) in [5.41, 5.74) is 7.52. The minimum absolute atomic E-state index is 0.0976. The standard InChI is InChI=1S/C17H26N2O/c1-12(2)14-8-4-6-10-16(14)19-17(20)11-13-7-3-5-9-15(13)18/h3,5,7,9,12,14,16H,4,6,8,10-11,18H2,1-2H3,(H,19,20). The number of nitrogens with two attached hydrogens (primary N) is 1. The van der Waals surface area contributed by atoms with Gasteiger partial charge in [0.1, 0.15) is 0 Å². The van der Waals surface area contributed by atoms with Crippen LogP contribution in [0.4, 0.5) is 5.69 Å². The average Bonchev–Trinajstić information content (AvgIpc) is 2.41. The Morgan fingerprint density at radius 1 is 1.30 bits per heavy atom. The van der Waals surface area contributed by atoms with E-state index in [4.69, 9.17) is 5.73 Å². The number of hydrogen-bond acceptors (Lipinski definition) is 2. The number of hydrogen-bond donors (Lipinski definition) is 2. The number of carbonyl (C=O) groups is 1. The molecule has 0 heterocycles. The van der Waals surface area contributed by atoms with Crippen LogP contribution in [0.15, 0.2) is 24.3 Å². The van der Waals surface area contributed by atoms with Gasteiger partial charge in [0.2, 0.25) is 5.91 Å². The van der Waals surface area contributed by atoms with E-state index in [-0.39, 0.29) is 5.91 Å². The van der Waals surface area contributed by atoms with E-state index in [0.717, 1.165) is 12.0 Å². The number of anilines is 1. The molecule has 2 unspecified atom stereocenters. The Balaban J connectivity index is 1.95. The van der Waals surface area contributed by atoms with Crippen LogP contribution < -0.4 is 11.1 Å². The molecule has 110 valence electrons. The molecule has 3 N–H and O–H groups in total. The van der Waals surface area contributed by atoms with E-state index in [1.807, 2.05) is 24.3 Å². The Hall–Kier alpha value is -1.51. The maximum Gasteiger partial charge on any atom is 0.224 e. The molecule has 0 aliphatic heterocycles. The third kappa shape index (κ3) is 3.75. The van der Waals surface area contributed by atoms with Crippen LogP contribution in [0, 0.1) is 11.8 Å². The second-order valence-electron chi connectivity index (χ2n) is 6.24. The summed E-state index contributed by atoms with van der Waals surface area (Å²) in [5.74, 6) is 1.34. The van der Waals surface area contributed by atoms with E-state index in [1.54, 1.807) is 0 Å². The fraction of sp³-hybridized carbons (Fsp3) is 0.588. The van der Waals surface area contributed by atoms with Crippen LogP contribution in [0.25, 0.3) is 0 Å². The molecule has 0 aromatic heterocycles. The van der Waals surface area contributed by atoms with Crippen LogP contribution in [0.1, 0.15) is 45.1 Å². The molecule has 2 atom stereocenters. The average molecular weight is 274 g/mol. The molecule has 3 nitrogen and oxygen atoms in total. The molecule has 3 heteroatoms. The van der Waals surface area contributed by atoms with Crippen molar-refractivity contribution >= 4 is 11.6 Å². The highest BCUT2D eigenvalue weighted by atomic mass is 16.1. The molecule has 0 saturated heterocycles. The third-order valence-electron chi connectivity index (χ3n) is 4.43. The molecule has 1 aromatic carbocycles. The largest absolute Gasteiger partial charge is 0.398 e. The number of amides is 1. The molecule has 1 aromatic rings. The molecule has 20 heavy (non-hydrogen) atoms. The maximum atomic E-state index is 12.2. The first-order chi connectivity index (χ1) is 9.58. The lowest BCUT2D eigenvalue weighted by Gasteiger charge is -2.35. The summed E-state index contributed by atoms with van der Waals surface area (Å²) in [6.45, 7) is 4.51. The zero-order chi connectivity index (χ0) is 14.5. The molecular formula is C17H26N2O. The molecular weight excluding hydrogens is 248 g/mol. The Morgan fingerprint density at radius 3 is 2.70 bits per heavy atom. The van der Waals surface area contributed by atoms with E-state index in [0.29, 0.717) is 30.0 Å². The minimum Gasteiger partial charge on any atom is -0.398 e. The lowest BCUT2D eigenvalue weighted by molar-refractivity contribution is -0.121. The predicted octanol–water partition coefficient (Wildman–Crippen LogP) is 3.14. The second kappa shape index (κ2) is 6.78. The van der Waals surface area contributed by atoms with Crippen molar-refractivity contribution in [2.75, 3.05) is 5.73 Å². The normalized spacial score (nSPS) is 22.8. The fourth-order valence-electron chi connectivity index (χ4n) is 3.26. The van der Waals surface area contributed by atoms with Gasteiger partial charge in [0.05, 0.1) is 6.42 Å². The summed E-state index contributed by atoms with van der Waals surface area (Å²) in [4.78, 5) is 12.2. The van der Waals surface area contributed by atoms with Gasteiger partial charge >= 0.3 is 0 Å². The topological polar surface area (TPSA) is 55.1 Å². The zero-order valence-corrected chi connectivity index (χ0v) is 12.6. The highest BCUT2D eigenvalue weighted by Crippen LogP contribution is 2.30. The van der Waals surface area contributed by atoms with Gasteiger partial charge in [-0.05, 0) is 36.3 Å². The Kier molecular flexibility index (Phi) is 5.05. The highest BCUT2D eigenvalue weighted by Gasteiger charge is 2.28. The van der Waals surface area contributed by atoms with Crippen molar-refractivity contribution < 1.29 is 4.79 Å². The molecule has 0 radical (unpaired) electrons. The summed E-state index contributed by atoms with van der Waals surface area (Å²) >= 11 is 0. The molecule has 1 aliphatic carbocycles. The van der Waals surface area contributed by atoms with Crippen LogP contribution in [-0.2, 0) is 11.2 Å². The van der Waals surface area contributed by atoms with E-state index < -0.39 is 0 Å². The summed E-state index contributed by atoms with van der Waals surface area (Å²) in [5, 5.41) is 3.23. The monoisotopic (exact) mass is 274 g/mol. The second-order valence-corrected chi connectivity index (χ2v) is 6.24. The van der Waals surface area contributed by atoms with E-state index in [2.05, 4.69) is 19.2 Å². The van der Waals surface area contributed by atoms with Gasteiger partial charge in [0.25, 0.3) is 0 Å². The number of rotatable bonds is 4. The number of para-hydroxylation sites is 1. The molecule has 1 saturated carbocycles. The third-order valence-corrected chi connectivity index (χ3v) is 4.43. The van der Waals surface area contributed by atoms with Crippen molar-refractivity contribution in [2.24, 2.45) is 11.8 Å².